The van der Waals surface area contributed by atoms with Crippen molar-refractivity contribution in [1.82, 2.24) is 15.5 Å². The molecule has 0 radical (unpaired) electrons. The van der Waals surface area contributed by atoms with E-state index in [4.69, 9.17) is 4.74 Å². The van der Waals surface area contributed by atoms with E-state index in [1.54, 1.807) is 7.11 Å². The van der Waals surface area contributed by atoms with Crippen LogP contribution in [-0.4, -0.2) is 63.8 Å². The van der Waals surface area contributed by atoms with E-state index >= 15 is 0 Å². The zero-order valence-electron chi connectivity index (χ0n) is 15.8. The van der Waals surface area contributed by atoms with Crippen LogP contribution in [0.5, 0.6) is 0 Å². The predicted molar refractivity (Wildman–Crippen MR) is 102 cm³/mol. The van der Waals surface area contributed by atoms with Crippen molar-refractivity contribution in [1.29, 1.82) is 0 Å². The highest BCUT2D eigenvalue weighted by molar-refractivity contribution is 5.95. The van der Waals surface area contributed by atoms with E-state index in [0.29, 0.717) is 19.7 Å². The van der Waals surface area contributed by atoms with Crippen molar-refractivity contribution in [2.75, 3.05) is 51.8 Å². The summed E-state index contributed by atoms with van der Waals surface area (Å²) >= 11 is 0. The zero-order chi connectivity index (χ0) is 18.8. The van der Waals surface area contributed by atoms with Crippen LogP contribution < -0.4 is 15.5 Å². The quantitative estimate of drug-likeness (QED) is 0.687. The second kappa shape index (κ2) is 10.8. The van der Waals surface area contributed by atoms with Crippen molar-refractivity contribution >= 4 is 17.6 Å². The second-order valence-corrected chi connectivity index (χ2v) is 6.68. The number of ether oxygens (including phenoxy) is 1. The Hall–Kier alpha value is -2.12. The van der Waals surface area contributed by atoms with E-state index in [1.807, 2.05) is 11.9 Å². The van der Waals surface area contributed by atoms with Gasteiger partial charge >= 0.3 is 6.03 Å². The van der Waals surface area contributed by atoms with Crippen molar-refractivity contribution in [2.45, 2.75) is 25.8 Å². The van der Waals surface area contributed by atoms with Gasteiger partial charge in [0.1, 0.15) is 0 Å². The number of urea groups is 1. The van der Waals surface area contributed by atoms with Crippen LogP contribution in [0, 0.1) is 0 Å². The predicted octanol–water partition coefficient (Wildman–Crippen LogP) is 1.58. The van der Waals surface area contributed by atoms with Gasteiger partial charge in [0.2, 0.25) is 5.91 Å². The van der Waals surface area contributed by atoms with Crippen LogP contribution >= 0.6 is 0 Å². The number of piperidine rings is 1. The molecule has 0 unspecified atom stereocenters. The van der Waals surface area contributed by atoms with Crippen molar-refractivity contribution in [3.63, 3.8) is 0 Å². The Morgan fingerprint density at radius 2 is 1.85 bits per heavy atom. The number of rotatable bonds is 8. The lowest BCUT2D eigenvalue weighted by molar-refractivity contribution is -0.120. The third-order valence-corrected chi connectivity index (χ3v) is 4.37. The van der Waals surface area contributed by atoms with Crippen molar-refractivity contribution in [2.24, 2.45) is 0 Å². The first kappa shape index (κ1) is 20.2. The van der Waals surface area contributed by atoms with Crippen LogP contribution in [0.15, 0.2) is 24.3 Å². The maximum absolute atomic E-state index is 11.9. The third-order valence-electron chi connectivity index (χ3n) is 4.37. The molecule has 1 aliphatic rings. The zero-order valence-corrected chi connectivity index (χ0v) is 15.8. The minimum absolute atomic E-state index is 0.158. The van der Waals surface area contributed by atoms with Crippen molar-refractivity contribution in [3.8, 4) is 0 Å². The summed E-state index contributed by atoms with van der Waals surface area (Å²) in [6.07, 6.45) is 3.85. The lowest BCUT2D eigenvalue weighted by Crippen LogP contribution is -2.44. The number of hydrogen-bond acceptors (Lipinski definition) is 5. The molecule has 0 atom stereocenters. The molecule has 0 saturated carbocycles. The summed E-state index contributed by atoms with van der Waals surface area (Å²) < 4.78 is 4.84. The van der Waals surface area contributed by atoms with Gasteiger partial charge in [0.15, 0.2) is 0 Å². The molecule has 1 saturated heterocycles. The van der Waals surface area contributed by atoms with Gasteiger partial charge in [-0.05, 0) is 44.0 Å². The smallest absolute Gasteiger partial charge is 0.321 e. The highest BCUT2D eigenvalue weighted by Gasteiger charge is 2.12. The molecule has 0 spiro atoms. The van der Waals surface area contributed by atoms with Crippen LogP contribution in [0.2, 0.25) is 0 Å². The molecule has 0 bridgehead atoms. The average Bonchev–Trinajstić information content (AvgIpc) is 2.63. The molecule has 7 nitrogen and oxygen atoms in total. The fourth-order valence-electron chi connectivity index (χ4n) is 3.05. The lowest BCUT2D eigenvalue weighted by atomic mass is 10.1. The number of likely N-dealkylation sites (N-methyl/N-ethyl adjacent to an activating group) is 1. The number of nitrogens with zero attached hydrogens (tertiary/aromatic N) is 2. The van der Waals surface area contributed by atoms with Gasteiger partial charge in [-0.1, -0.05) is 12.1 Å². The molecule has 1 heterocycles. The summed E-state index contributed by atoms with van der Waals surface area (Å²) in [5, 5.41) is 4.87. The van der Waals surface area contributed by atoms with E-state index in [9.17, 15) is 9.59 Å². The van der Waals surface area contributed by atoms with E-state index in [0.717, 1.165) is 18.7 Å². The fraction of sp³-hybridized carbons (Fsp3) is 0.579. The van der Waals surface area contributed by atoms with Gasteiger partial charge < -0.3 is 15.0 Å². The number of amides is 3. The first-order valence-electron chi connectivity index (χ1n) is 9.17. The van der Waals surface area contributed by atoms with Gasteiger partial charge in [0.25, 0.3) is 0 Å². The lowest BCUT2D eigenvalue weighted by Gasteiger charge is -2.29. The molecule has 0 aromatic heterocycles. The molecule has 2 N–H and O–H groups in total. The largest absolute Gasteiger partial charge is 0.383 e. The SMILES string of the molecule is COCCNC(=O)NC(=O)CN(C)Cc1ccc(N2CCCCC2)cc1. The number of methoxy groups -OCH3 is 1. The third kappa shape index (κ3) is 7.01. The number of anilines is 1. The minimum atomic E-state index is -0.494. The maximum atomic E-state index is 11.9. The van der Waals surface area contributed by atoms with Gasteiger partial charge in [-0.25, -0.2) is 4.79 Å². The molecule has 3 amide bonds. The molecule has 2 rings (SSSR count). The summed E-state index contributed by atoms with van der Waals surface area (Å²) in [5.74, 6) is -0.327. The topological polar surface area (TPSA) is 73.9 Å². The summed E-state index contributed by atoms with van der Waals surface area (Å²) in [4.78, 5) is 27.7. The summed E-state index contributed by atoms with van der Waals surface area (Å²) in [6, 6.07) is 8.02. The van der Waals surface area contributed by atoms with E-state index in [1.165, 1.54) is 24.9 Å². The molecule has 7 heteroatoms. The van der Waals surface area contributed by atoms with E-state index < -0.39 is 6.03 Å². The van der Waals surface area contributed by atoms with Gasteiger partial charge in [-0.15, -0.1) is 0 Å². The highest BCUT2D eigenvalue weighted by Crippen LogP contribution is 2.20. The van der Waals surface area contributed by atoms with Crippen molar-refractivity contribution < 1.29 is 14.3 Å². The number of imide groups is 1. The van der Waals surface area contributed by atoms with Gasteiger partial charge in [-0.2, -0.15) is 0 Å². The fourth-order valence-corrected chi connectivity index (χ4v) is 3.05. The van der Waals surface area contributed by atoms with Gasteiger partial charge in [0.05, 0.1) is 13.2 Å². The number of carbonyl (C=O) groups is 2. The highest BCUT2D eigenvalue weighted by atomic mass is 16.5. The van der Waals surface area contributed by atoms with E-state index in [2.05, 4.69) is 39.8 Å². The number of nitrogens with one attached hydrogen (secondary N) is 2. The van der Waals surface area contributed by atoms with Crippen LogP contribution in [-0.2, 0) is 16.1 Å². The molecular weight excluding hydrogens is 332 g/mol. The van der Waals surface area contributed by atoms with Gasteiger partial charge in [-0.3, -0.25) is 15.0 Å². The first-order chi connectivity index (χ1) is 12.6. The van der Waals surface area contributed by atoms with Crippen LogP contribution in [0.1, 0.15) is 24.8 Å². The summed E-state index contributed by atoms with van der Waals surface area (Å²) in [7, 11) is 3.42. The van der Waals surface area contributed by atoms with E-state index in [-0.39, 0.29) is 12.5 Å². The minimum Gasteiger partial charge on any atom is -0.383 e. The Kier molecular flexibility index (Phi) is 8.37. The van der Waals surface area contributed by atoms with Crippen LogP contribution in [0.25, 0.3) is 0 Å². The Balaban J connectivity index is 1.73. The molecule has 144 valence electrons. The Bertz CT molecular complexity index is 571. The number of carbonyl (C=O) groups excluding carboxylic acids is 2. The Morgan fingerprint density at radius 3 is 2.50 bits per heavy atom. The molecule has 1 aromatic rings. The number of benzene rings is 1. The average molecular weight is 362 g/mol. The van der Waals surface area contributed by atoms with Crippen molar-refractivity contribution in [3.05, 3.63) is 29.8 Å². The van der Waals surface area contributed by atoms with Crippen LogP contribution in [0.3, 0.4) is 0 Å². The first-order valence-corrected chi connectivity index (χ1v) is 9.17. The second-order valence-electron chi connectivity index (χ2n) is 6.68. The standard InChI is InChI=1S/C19H30N4O3/c1-22(15-18(24)21-19(25)20-10-13-26-2)14-16-6-8-17(9-7-16)23-11-4-3-5-12-23/h6-9H,3-5,10-15H2,1-2H3,(H2,20,21,24,25). The maximum Gasteiger partial charge on any atom is 0.321 e. The molecule has 1 aromatic carbocycles. The summed E-state index contributed by atoms with van der Waals surface area (Å²) in [6.45, 7) is 3.85. The van der Waals surface area contributed by atoms with Gasteiger partial charge in [0, 0.05) is 39.0 Å². The number of hydrogen-bond donors (Lipinski definition) is 2. The monoisotopic (exact) mass is 362 g/mol. The molecular formula is C19H30N4O3. The Morgan fingerprint density at radius 1 is 1.15 bits per heavy atom. The Labute approximate surface area is 155 Å². The molecule has 1 aliphatic heterocycles. The molecule has 26 heavy (non-hydrogen) atoms. The van der Waals surface area contributed by atoms with Crippen LogP contribution in [0.4, 0.5) is 10.5 Å². The summed E-state index contributed by atoms with van der Waals surface area (Å²) in [5.41, 5.74) is 2.41. The normalized spacial score (nSPS) is 14.3. The molecule has 1 fully saturated rings. The molecule has 0 aliphatic carbocycles.